The van der Waals surface area contributed by atoms with Crippen molar-refractivity contribution in [3.05, 3.63) is 41.5 Å². The van der Waals surface area contributed by atoms with Crippen molar-refractivity contribution < 1.29 is 18.9 Å². The minimum Gasteiger partial charge on any atom is -0.165 e. The summed E-state index contributed by atoms with van der Waals surface area (Å²) in [5.74, 6) is 0.616. The van der Waals surface area contributed by atoms with E-state index in [1.807, 2.05) is 10.6 Å². The molecule has 98 valence electrons. The predicted molar refractivity (Wildman–Crippen MR) is 81.8 cm³/mol. The molecule has 18 heavy (non-hydrogen) atoms. The van der Waals surface area contributed by atoms with Crippen LogP contribution < -0.4 is 0 Å². The Bertz CT molecular complexity index is 534. The molecule has 0 atom stereocenters. The van der Waals surface area contributed by atoms with E-state index in [0.29, 0.717) is 5.92 Å². The van der Waals surface area contributed by atoms with E-state index >= 15 is 0 Å². The zero-order valence-electron chi connectivity index (χ0n) is 11.3. The van der Waals surface area contributed by atoms with E-state index in [-0.39, 0.29) is 0 Å². The molecule has 0 spiro atoms. The molecule has 0 aliphatic rings. The summed E-state index contributed by atoms with van der Waals surface area (Å²) >= 11 is -1.76. The molecule has 0 saturated carbocycles. The van der Waals surface area contributed by atoms with Crippen LogP contribution in [0.5, 0.6) is 0 Å². The molecule has 3 heteroatoms. The fraction of sp³-hybridized carbons (Fsp3) is 0.333. The largest absolute Gasteiger partial charge is 0.165 e. The fourth-order valence-corrected chi connectivity index (χ4v) is 1.91. The van der Waals surface area contributed by atoms with E-state index < -0.39 is 18.9 Å². The van der Waals surface area contributed by atoms with E-state index in [0.717, 1.165) is 0 Å². The summed E-state index contributed by atoms with van der Waals surface area (Å²) in [6.45, 7) is 8.55. The van der Waals surface area contributed by atoms with Gasteiger partial charge in [-0.25, -0.2) is 0 Å². The maximum Gasteiger partial charge on any atom is -0.0308 e. The van der Waals surface area contributed by atoms with Crippen molar-refractivity contribution in [1.82, 2.24) is 0 Å². The summed E-state index contributed by atoms with van der Waals surface area (Å²) in [6.07, 6.45) is 0. The first-order valence-corrected chi connectivity index (χ1v) is 13.8. The number of fused-ring (bicyclic) bond motifs is 1. The van der Waals surface area contributed by atoms with E-state index in [1.54, 1.807) is 0 Å². The van der Waals surface area contributed by atoms with Crippen LogP contribution in [0.25, 0.3) is 10.8 Å². The van der Waals surface area contributed by atoms with Crippen LogP contribution in [0, 0.1) is 6.92 Å². The first-order chi connectivity index (χ1) is 8.45. The average Bonchev–Trinajstić information content (AvgIpc) is 2.69. The Morgan fingerprint density at radius 2 is 1.89 bits per heavy atom. The molecule has 0 heterocycles. The predicted octanol–water partition coefficient (Wildman–Crippen LogP) is 5.72. The molecule has 0 unspecified atom stereocenters. The van der Waals surface area contributed by atoms with Gasteiger partial charge in [-0.1, -0.05) is 32.4 Å². The Labute approximate surface area is 125 Å². The summed E-state index contributed by atoms with van der Waals surface area (Å²) in [4.78, 5) is 0. The zero-order valence-corrected chi connectivity index (χ0v) is 15.3. The molecule has 2 rings (SSSR count). The molecule has 0 N–H and O–H groups in total. The number of hydrogen-bond acceptors (Lipinski definition) is 0. The zero-order chi connectivity index (χ0) is 13.7. The number of benzene rings is 1. The molecule has 0 nitrogen and oxygen atoms in total. The third kappa shape index (κ3) is 4.69. The van der Waals surface area contributed by atoms with Gasteiger partial charge in [-0.15, -0.1) is 34.5 Å². The van der Waals surface area contributed by atoms with Crippen molar-refractivity contribution in [2.45, 2.75) is 33.6 Å². The molecular weight excluding hydrogens is 342 g/mol. The molecule has 2 aromatic rings. The van der Waals surface area contributed by atoms with Crippen LogP contribution in [-0.2, 0) is 18.9 Å². The van der Waals surface area contributed by atoms with Crippen molar-refractivity contribution >= 4 is 31.5 Å². The molecule has 0 aliphatic heterocycles. The Balaban J connectivity index is 0.000000280. The van der Waals surface area contributed by atoms with Crippen LogP contribution in [0.3, 0.4) is 0 Å². The first-order valence-electron chi connectivity index (χ1n) is 6.09. The van der Waals surface area contributed by atoms with Crippen molar-refractivity contribution in [2.24, 2.45) is 0 Å². The quantitative estimate of drug-likeness (QED) is 0.570. The van der Waals surface area contributed by atoms with Crippen LogP contribution in [0.1, 0.15) is 37.8 Å². The second-order valence-electron chi connectivity index (χ2n) is 4.62. The number of rotatable bonds is 1. The molecule has 0 saturated heterocycles. The van der Waals surface area contributed by atoms with Gasteiger partial charge in [-0.05, 0) is 5.92 Å². The maximum atomic E-state index is 5.37. The second kappa shape index (κ2) is 7.68. The van der Waals surface area contributed by atoms with Gasteiger partial charge in [-0.3, -0.25) is 0 Å². The van der Waals surface area contributed by atoms with Crippen molar-refractivity contribution in [3.8, 4) is 0 Å². The van der Waals surface area contributed by atoms with Gasteiger partial charge in [0.25, 0.3) is 0 Å². The Morgan fingerprint density at radius 3 is 2.39 bits per heavy atom. The van der Waals surface area contributed by atoms with Gasteiger partial charge in [0, 0.05) is 0 Å². The topological polar surface area (TPSA) is 0 Å². The van der Waals surface area contributed by atoms with Crippen LogP contribution >= 0.6 is 17.0 Å². The van der Waals surface area contributed by atoms with Crippen molar-refractivity contribution in [1.29, 1.82) is 0 Å². The van der Waals surface area contributed by atoms with Gasteiger partial charge >= 0.3 is 46.5 Å². The molecule has 0 bridgehead atoms. The third-order valence-electron chi connectivity index (χ3n) is 2.77. The van der Waals surface area contributed by atoms with E-state index in [4.69, 9.17) is 17.0 Å². The van der Waals surface area contributed by atoms with Gasteiger partial charge in [0.05, 0.1) is 0 Å². The minimum atomic E-state index is -1.76. The van der Waals surface area contributed by atoms with Gasteiger partial charge in [0.1, 0.15) is 0 Å². The van der Waals surface area contributed by atoms with Crippen molar-refractivity contribution in [2.75, 3.05) is 0 Å². The molecule has 0 aliphatic carbocycles. The standard InChI is InChI=1S/C13H15.C2H4.2ClH.Zr/c1-9(2)12-6-4-5-11-7-10(3)8-13(11)12;1-2;;;/h4-9H,1-3H3;1H,2H3;2*1H;/q-1;;;;+2/p-2. The van der Waals surface area contributed by atoms with Gasteiger partial charge in [0.2, 0.25) is 0 Å². The Kier molecular flexibility index (Phi) is 6.92. The van der Waals surface area contributed by atoms with Crippen molar-refractivity contribution in [3.63, 3.8) is 0 Å². The maximum absolute atomic E-state index is 5.37. The summed E-state index contributed by atoms with van der Waals surface area (Å²) in [5, 5.41) is 2.80. The molecule has 2 aromatic carbocycles. The normalized spacial score (nSPS) is 10.2. The smallest absolute Gasteiger partial charge is 0.0308 e. The van der Waals surface area contributed by atoms with Crippen LogP contribution in [0.15, 0.2) is 30.3 Å². The molecule has 0 fully saturated rings. The number of aryl methyl sites for hydroxylation is 1. The molecule has 0 radical (unpaired) electrons. The molecular formula is C15H19Cl2Zr-. The van der Waals surface area contributed by atoms with E-state index in [2.05, 4.69) is 51.1 Å². The van der Waals surface area contributed by atoms with E-state index in [9.17, 15) is 0 Å². The summed E-state index contributed by atoms with van der Waals surface area (Å²) in [7, 11) is 10.7. The van der Waals surface area contributed by atoms with E-state index in [1.165, 1.54) is 21.9 Å². The Hall–Kier alpha value is 0.163. The summed E-state index contributed by atoms with van der Waals surface area (Å²) in [5.41, 5.74) is 2.83. The van der Waals surface area contributed by atoms with Crippen LogP contribution in [-0.4, -0.2) is 3.71 Å². The Morgan fingerprint density at radius 1 is 1.28 bits per heavy atom. The summed E-state index contributed by atoms with van der Waals surface area (Å²) < 4.78 is 1.89. The third-order valence-corrected chi connectivity index (χ3v) is 6.42. The van der Waals surface area contributed by atoms with Gasteiger partial charge < -0.3 is 0 Å². The first kappa shape index (κ1) is 16.2. The minimum absolute atomic E-state index is 0.616. The van der Waals surface area contributed by atoms with Crippen LogP contribution in [0.2, 0.25) is 0 Å². The van der Waals surface area contributed by atoms with Crippen LogP contribution in [0.4, 0.5) is 0 Å². The summed E-state index contributed by atoms with van der Waals surface area (Å²) in [6, 6.07) is 11.1. The number of halogens is 2. The molecule has 0 aromatic heterocycles. The van der Waals surface area contributed by atoms with Gasteiger partial charge in [0.15, 0.2) is 0 Å². The monoisotopic (exact) mass is 359 g/mol. The molecule has 0 amide bonds. The second-order valence-corrected chi connectivity index (χ2v) is 13.4. The fourth-order valence-electron chi connectivity index (χ4n) is 1.91. The van der Waals surface area contributed by atoms with Gasteiger partial charge in [-0.2, -0.15) is 6.07 Å². The SMILES string of the molecule is C[CH]=[Zr]([Cl])[Cl].Cc1cc2c(C(C)C)cccc2[cH-]1. The average molecular weight is 361 g/mol. The number of hydrogen-bond donors (Lipinski definition) is 0.